The van der Waals surface area contributed by atoms with Crippen LogP contribution in [0.15, 0.2) is 30.3 Å². The first-order valence-corrected chi connectivity index (χ1v) is 7.80. The van der Waals surface area contributed by atoms with Crippen LogP contribution in [0.4, 0.5) is 5.69 Å². The molecule has 0 saturated heterocycles. The van der Waals surface area contributed by atoms with Crippen LogP contribution in [0.3, 0.4) is 0 Å². The van der Waals surface area contributed by atoms with Gasteiger partial charge in [-0.05, 0) is 18.2 Å². The van der Waals surface area contributed by atoms with Crippen molar-refractivity contribution in [2.24, 2.45) is 0 Å². The highest BCUT2D eigenvalue weighted by Gasteiger charge is 2.19. The molecule has 138 valence electrons. The highest BCUT2D eigenvalue weighted by atomic mass is 35.5. The summed E-state index contributed by atoms with van der Waals surface area (Å²) in [6.07, 6.45) is 0. The topological polar surface area (TPSA) is 99.9 Å². The number of carbonyl (C=O) groups excluding carboxylic acids is 1. The lowest BCUT2D eigenvalue weighted by Gasteiger charge is -2.16. The van der Waals surface area contributed by atoms with E-state index in [9.17, 15) is 14.9 Å². The van der Waals surface area contributed by atoms with Gasteiger partial charge in [0.05, 0.1) is 36.8 Å². The Hall–Kier alpha value is -3.00. The van der Waals surface area contributed by atoms with E-state index in [1.807, 2.05) is 0 Å². The number of benzene rings is 2. The third-order valence-corrected chi connectivity index (χ3v) is 3.96. The van der Waals surface area contributed by atoms with Crippen molar-refractivity contribution in [2.45, 2.75) is 6.54 Å². The summed E-state index contributed by atoms with van der Waals surface area (Å²) in [5.74, 6) is 0.754. The van der Waals surface area contributed by atoms with E-state index in [1.165, 1.54) is 33.5 Å². The number of nitro benzene ring substituents is 1. The van der Waals surface area contributed by atoms with Gasteiger partial charge in [-0.15, -0.1) is 0 Å². The molecular weight excluding hydrogens is 364 g/mol. The van der Waals surface area contributed by atoms with E-state index in [4.69, 9.17) is 25.8 Å². The van der Waals surface area contributed by atoms with E-state index in [0.29, 0.717) is 22.8 Å². The van der Waals surface area contributed by atoms with Crippen molar-refractivity contribution in [2.75, 3.05) is 21.3 Å². The monoisotopic (exact) mass is 380 g/mol. The number of rotatable bonds is 7. The van der Waals surface area contributed by atoms with E-state index in [0.717, 1.165) is 6.07 Å². The number of halogens is 1. The zero-order valence-corrected chi connectivity index (χ0v) is 15.1. The number of amides is 1. The molecule has 0 spiro atoms. The lowest BCUT2D eigenvalue weighted by molar-refractivity contribution is -0.384. The van der Waals surface area contributed by atoms with Crippen molar-refractivity contribution in [1.82, 2.24) is 5.32 Å². The molecule has 8 nitrogen and oxygen atoms in total. The zero-order chi connectivity index (χ0) is 19.3. The molecule has 0 saturated carbocycles. The number of nitro groups is 1. The van der Waals surface area contributed by atoms with Gasteiger partial charge in [0.25, 0.3) is 11.6 Å². The molecule has 0 fully saturated rings. The van der Waals surface area contributed by atoms with Gasteiger partial charge < -0.3 is 19.5 Å². The molecule has 1 N–H and O–H groups in total. The summed E-state index contributed by atoms with van der Waals surface area (Å²) >= 11 is 5.98. The number of non-ortho nitro benzene ring substituents is 1. The number of hydrogen-bond donors (Lipinski definition) is 1. The SMILES string of the molecule is COc1ccc(CNC(=O)c2cc([N+](=O)[O-])ccc2Cl)c(OC)c1OC. The Morgan fingerprint density at radius 2 is 1.81 bits per heavy atom. The first-order valence-electron chi connectivity index (χ1n) is 7.42. The largest absolute Gasteiger partial charge is 0.493 e. The van der Waals surface area contributed by atoms with Gasteiger partial charge in [-0.25, -0.2) is 0 Å². The van der Waals surface area contributed by atoms with Crippen LogP contribution in [0.5, 0.6) is 17.2 Å². The second kappa shape index (κ2) is 8.39. The molecular formula is C17H17ClN2O6. The second-order valence-electron chi connectivity index (χ2n) is 5.10. The van der Waals surface area contributed by atoms with Gasteiger partial charge in [0.15, 0.2) is 11.5 Å². The summed E-state index contributed by atoms with van der Waals surface area (Å²) in [4.78, 5) is 22.7. The van der Waals surface area contributed by atoms with Gasteiger partial charge in [0.1, 0.15) is 0 Å². The molecule has 0 heterocycles. The van der Waals surface area contributed by atoms with Crippen molar-refractivity contribution >= 4 is 23.2 Å². The molecule has 0 aromatic heterocycles. The van der Waals surface area contributed by atoms with Crippen LogP contribution in [-0.4, -0.2) is 32.2 Å². The molecule has 0 aliphatic carbocycles. The van der Waals surface area contributed by atoms with E-state index in [2.05, 4.69) is 5.32 Å². The van der Waals surface area contributed by atoms with Crippen LogP contribution in [0.1, 0.15) is 15.9 Å². The fourth-order valence-corrected chi connectivity index (χ4v) is 2.58. The quantitative estimate of drug-likeness (QED) is 0.584. The van der Waals surface area contributed by atoms with E-state index < -0.39 is 10.8 Å². The Kier molecular flexibility index (Phi) is 6.24. The Labute approximate surface area is 154 Å². The maximum absolute atomic E-state index is 12.4. The van der Waals surface area contributed by atoms with E-state index in [-0.39, 0.29) is 22.8 Å². The normalized spacial score (nSPS) is 10.2. The Morgan fingerprint density at radius 3 is 2.38 bits per heavy atom. The highest BCUT2D eigenvalue weighted by molar-refractivity contribution is 6.33. The molecule has 0 radical (unpaired) electrons. The van der Waals surface area contributed by atoms with Crippen molar-refractivity contribution in [3.8, 4) is 17.2 Å². The third kappa shape index (κ3) is 3.97. The maximum Gasteiger partial charge on any atom is 0.270 e. The fraction of sp³-hybridized carbons (Fsp3) is 0.235. The summed E-state index contributed by atoms with van der Waals surface area (Å²) in [5, 5.41) is 13.7. The molecule has 2 rings (SSSR count). The van der Waals surface area contributed by atoms with Crippen LogP contribution in [0.25, 0.3) is 0 Å². The van der Waals surface area contributed by atoms with Crippen LogP contribution in [0, 0.1) is 10.1 Å². The van der Waals surface area contributed by atoms with E-state index >= 15 is 0 Å². The van der Waals surface area contributed by atoms with Crippen LogP contribution < -0.4 is 19.5 Å². The van der Waals surface area contributed by atoms with E-state index in [1.54, 1.807) is 12.1 Å². The molecule has 2 aromatic carbocycles. The number of nitrogens with one attached hydrogen (secondary N) is 1. The minimum Gasteiger partial charge on any atom is -0.493 e. The zero-order valence-electron chi connectivity index (χ0n) is 14.4. The summed E-state index contributed by atoms with van der Waals surface area (Å²) in [6.45, 7) is 0.0986. The number of methoxy groups -OCH3 is 3. The molecule has 0 unspecified atom stereocenters. The Bertz CT molecular complexity index is 840. The van der Waals surface area contributed by atoms with Gasteiger partial charge in [0, 0.05) is 24.2 Å². The second-order valence-corrected chi connectivity index (χ2v) is 5.50. The first kappa shape index (κ1) is 19.3. The molecule has 0 atom stereocenters. The van der Waals surface area contributed by atoms with Crippen molar-refractivity contribution in [3.63, 3.8) is 0 Å². The predicted octanol–water partition coefficient (Wildman–Crippen LogP) is 3.20. The number of hydrogen-bond acceptors (Lipinski definition) is 6. The summed E-state index contributed by atoms with van der Waals surface area (Å²) < 4.78 is 15.8. The molecule has 1 amide bonds. The van der Waals surface area contributed by atoms with Crippen molar-refractivity contribution in [1.29, 1.82) is 0 Å². The summed E-state index contributed by atoms with van der Waals surface area (Å²) in [6, 6.07) is 7.07. The van der Waals surface area contributed by atoms with Gasteiger partial charge >= 0.3 is 0 Å². The fourth-order valence-electron chi connectivity index (χ4n) is 2.37. The number of ether oxygens (including phenoxy) is 3. The molecule has 26 heavy (non-hydrogen) atoms. The van der Waals surface area contributed by atoms with Gasteiger partial charge in [0.2, 0.25) is 5.75 Å². The van der Waals surface area contributed by atoms with Crippen molar-refractivity contribution in [3.05, 3.63) is 56.6 Å². The average molecular weight is 381 g/mol. The molecule has 0 aliphatic heterocycles. The standard InChI is InChI=1S/C17H17ClN2O6/c1-24-14-7-4-10(15(25-2)16(14)26-3)9-19-17(21)12-8-11(20(22)23)5-6-13(12)18/h4-8H,9H2,1-3H3,(H,19,21). The summed E-state index contributed by atoms with van der Waals surface area (Å²) in [7, 11) is 4.45. The lowest BCUT2D eigenvalue weighted by atomic mass is 10.1. The molecule has 0 bridgehead atoms. The molecule has 2 aromatic rings. The first-order chi connectivity index (χ1) is 12.4. The average Bonchev–Trinajstić information content (AvgIpc) is 2.65. The van der Waals surface area contributed by atoms with Crippen LogP contribution in [0.2, 0.25) is 5.02 Å². The number of carbonyl (C=O) groups is 1. The van der Waals surface area contributed by atoms with Gasteiger partial charge in [-0.2, -0.15) is 0 Å². The lowest BCUT2D eigenvalue weighted by Crippen LogP contribution is -2.23. The Balaban J connectivity index is 2.25. The smallest absolute Gasteiger partial charge is 0.270 e. The van der Waals surface area contributed by atoms with Crippen molar-refractivity contribution < 1.29 is 23.9 Å². The van der Waals surface area contributed by atoms with Gasteiger partial charge in [-0.1, -0.05) is 11.6 Å². The maximum atomic E-state index is 12.4. The number of nitrogens with zero attached hydrogens (tertiary/aromatic N) is 1. The van der Waals surface area contributed by atoms with Gasteiger partial charge in [-0.3, -0.25) is 14.9 Å². The Morgan fingerprint density at radius 1 is 1.12 bits per heavy atom. The highest BCUT2D eigenvalue weighted by Crippen LogP contribution is 2.39. The minimum absolute atomic E-state index is 0.0142. The minimum atomic E-state index is -0.593. The molecule has 0 aliphatic rings. The summed E-state index contributed by atoms with van der Waals surface area (Å²) in [5.41, 5.74) is 0.434. The predicted molar refractivity (Wildman–Crippen MR) is 95.4 cm³/mol. The van der Waals surface area contributed by atoms with Crippen LogP contribution in [-0.2, 0) is 6.54 Å². The molecule has 9 heteroatoms. The third-order valence-electron chi connectivity index (χ3n) is 3.63. The van der Waals surface area contributed by atoms with Crippen LogP contribution >= 0.6 is 11.6 Å².